The number of nitrogens with one attached hydrogen (secondary N) is 3. The maximum absolute atomic E-state index is 15.9. The predicted molar refractivity (Wildman–Crippen MR) is 197 cm³/mol. The number of carbonyl (C=O) groups excluding carboxylic acids is 4. The van der Waals surface area contributed by atoms with Crippen LogP contribution in [0.2, 0.25) is 0 Å². The minimum absolute atomic E-state index is 0.0295. The molecule has 3 heterocycles. The minimum atomic E-state index is -1.31. The highest BCUT2D eigenvalue weighted by molar-refractivity contribution is 6.03. The number of halogens is 1. The van der Waals surface area contributed by atoms with Crippen molar-refractivity contribution in [1.29, 1.82) is 0 Å². The zero-order chi connectivity index (χ0) is 37.3. The van der Waals surface area contributed by atoms with Crippen molar-refractivity contribution in [3.8, 4) is 0 Å². The van der Waals surface area contributed by atoms with Crippen LogP contribution in [0.4, 0.5) is 10.1 Å². The van der Waals surface area contributed by atoms with E-state index >= 15 is 4.39 Å². The van der Waals surface area contributed by atoms with Crippen LogP contribution < -0.4 is 16.0 Å². The maximum Gasteiger partial charge on any atom is 0.270 e. The van der Waals surface area contributed by atoms with Crippen LogP contribution >= 0.6 is 0 Å². The molecule has 1 aliphatic heterocycles. The first-order chi connectivity index (χ1) is 25.0. The van der Waals surface area contributed by atoms with Crippen LogP contribution in [0.1, 0.15) is 100 Å². The molecule has 2 fully saturated rings. The molecule has 3 N–H and O–H groups in total. The van der Waals surface area contributed by atoms with Crippen molar-refractivity contribution in [3.63, 3.8) is 0 Å². The number of pyridine rings is 1. The summed E-state index contributed by atoms with van der Waals surface area (Å²) in [6.45, 7) is 10.6. The van der Waals surface area contributed by atoms with Gasteiger partial charge in [-0.05, 0) is 68.5 Å². The van der Waals surface area contributed by atoms with Gasteiger partial charge in [0.1, 0.15) is 23.1 Å². The fraction of sp³-hybridized carbons (Fsp3) is 0.538. The van der Waals surface area contributed by atoms with Crippen LogP contribution in [0.15, 0.2) is 54.9 Å². The first kappa shape index (κ1) is 38.6. The summed E-state index contributed by atoms with van der Waals surface area (Å²) in [6.07, 6.45) is 9.03. The molecule has 0 bridgehead atoms. The van der Waals surface area contributed by atoms with Crippen LogP contribution in [0.3, 0.4) is 0 Å². The predicted octanol–water partition coefficient (Wildman–Crippen LogP) is 4.88. The number of aromatic nitrogens is 3. The summed E-state index contributed by atoms with van der Waals surface area (Å²) in [7, 11) is 0. The number of hydrogen-bond acceptors (Lipinski definition) is 7. The van der Waals surface area contributed by atoms with Crippen LogP contribution in [-0.2, 0) is 27.5 Å². The number of nitrogens with zero attached hydrogens (tertiary/aromatic N) is 5. The molecule has 13 heteroatoms. The van der Waals surface area contributed by atoms with Crippen LogP contribution in [0.5, 0.6) is 0 Å². The quantitative estimate of drug-likeness (QED) is 0.214. The van der Waals surface area contributed by atoms with Gasteiger partial charge in [0.15, 0.2) is 0 Å². The summed E-state index contributed by atoms with van der Waals surface area (Å²) in [5, 5.41) is 12.9. The molecular weight excluding hydrogens is 663 g/mol. The van der Waals surface area contributed by atoms with Crippen molar-refractivity contribution in [3.05, 3.63) is 77.6 Å². The summed E-state index contributed by atoms with van der Waals surface area (Å²) in [4.78, 5) is 62.6. The first-order valence-corrected chi connectivity index (χ1v) is 18.7. The van der Waals surface area contributed by atoms with E-state index in [1.807, 2.05) is 25.1 Å². The van der Waals surface area contributed by atoms with Gasteiger partial charge in [0.25, 0.3) is 5.91 Å². The average molecular weight is 717 g/mol. The maximum atomic E-state index is 15.9. The Morgan fingerprint density at radius 2 is 1.69 bits per heavy atom. The highest BCUT2D eigenvalue weighted by atomic mass is 19.1. The van der Waals surface area contributed by atoms with Gasteiger partial charge in [-0.1, -0.05) is 51.7 Å². The molecule has 12 nitrogen and oxygen atoms in total. The molecule has 4 amide bonds. The van der Waals surface area contributed by atoms with Gasteiger partial charge in [0, 0.05) is 64.0 Å². The summed E-state index contributed by atoms with van der Waals surface area (Å²) in [5.41, 5.74) is 0.478. The summed E-state index contributed by atoms with van der Waals surface area (Å²) in [6, 6.07) is 11.0. The Labute approximate surface area is 305 Å². The Morgan fingerprint density at radius 3 is 2.33 bits per heavy atom. The molecule has 2 aromatic heterocycles. The summed E-state index contributed by atoms with van der Waals surface area (Å²) >= 11 is 0. The smallest absolute Gasteiger partial charge is 0.270 e. The number of anilines is 1. The van der Waals surface area contributed by atoms with Gasteiger partial charge in [-0.3, -0.25) is 33.7 Å². The number of benzene rings is 1. The molecule has 1 saturated carbocycles. The second-order valence-corrected chi connectivity index (χ2v) is 14.2. The monoisotopic (exact) mass is 716 g/mol. The van der Waals surface area contributed by atoms with Gasteiger partial charge in [-0.25, -0.2) is 4.39 Å². The molecule has 1 aliphatic carbocycles. The standard InChI is InChI=1S/C39H53FN8O4/c1-5-34(49)44-35(37(51)47-23-21-46(22-24-47)26-30-15-11-12-19-41-30)27(3)28-16-17-32(31(40)25-28)43-38(52)39(4,29-13-9-7-8-10-14-29)45-36(50)33-18-20-42-48(33)6-2/h11-12,15-20,25,27,29,35H,5-10,13-14,21-24,26H2,1-4H3,(H,43,52)(H,44,49)(H,45,50)/t27-,35+,39+/m0/s1. The molecule has 3 aromatic rings. The molecule has 5 rings (SSSR count). The van der Waals surface area contributed by atoms with Crippen molar-refractivity contribution in [1.82, 2.24) is 35.2 Å². The number of piperazine rings is 1. The van der Waals surface area contributed by atoms with E-state index in [1.165, 1.54) is 12.1 Å². The lowest BCUT2D eigenvalue weighted by atomic mass is 9.79. The van der Waals surface area contributed by atoms with E-state index in [-0.39, 0.29) is 29.8 Å². The third kappa shape index (κ3) is 9.22. The van der Waals surface area contributed by atoms with Crippen LogP contribution in [-0.4, -0.2) is 86.0 Å². The van der Waals surface area contributed by atoms with Crippen LogP contribution in [0, 0.1) is 11.7 Å². The average Bonchev–Trinajstić information content (AvgIpc) is 3.47. The second-order valence-electron chi connectivity index (χ2n) is 14.2. The topological polar surface area (TPSA) is 142 Å². The molecule has 0 unspecified atom stereocenters. The van der Waals surface area contributed by atoms with E-state index in [2.05, 4.69) is 30.9 Å². The fourth-order valence-electron chi connectivity index (χ4n) is 7.36. The number of rotatable bonds is 13. The lowest BCUT2D eigenvalue weighted by molar-refractivity contribution is -0.138. The van der Waals surface area contributed by atoms with Crippen molar-refractivity contribution >= 4 is 29.3 Å². The Kier molecular flexibility index (Phi) is 13.1. The van der Waals surface area contributed by atoms with Gasteiger partial charge < -0.3 is 20.9 Å². The van der Waals surface area contributed by atoms with Gasteiger partial charge in [0.2, 0.25) is 17.7 Å². The number of amides is 4. The van der Waals surface area contributed by atoms with Gasteiger partial charge in [0.05, 0.1) is 11.4 Å². The second kappa shape index (κ2) is 17.7. The Hall–Kier alpha value is -4.65. The highest BCUT2D eigenvalue weighted by Crippen LogP contribution is 2.34. The first-order valence-electron chi connectivity index (χ1n) is 18.7. The van der Waals surface area contributed by atoms with E-state index < -0.39 is 35.1 Å². The summed E-state index contributed by atoms with van der Waals surface area (Å²) in [5.74, 6) is -2.79. The molecule has 1 saturated heterocycles. The normalized spacial score (nSPS) is 18.1. The molecule has 52 heavy (non-hydrogen) atoms. The van der Waals surface area contributed by atoms with E-state index in [1.54, 1.807) is 54.9 Å². The van der Waals surface area contributed by atoms with Crippen molar-refractivity contribution in [2.24, 2.45) is 5.92 Å². The number of hydrogen-bond donors (Lipinski definition) is 3. The molecule has 3 atom stereocenters. The molecule has 280 valence electrons. The van der Waals surface area contributed by atoms with Crippen molar-refractivity contribution < 1.29 is 23.6 Å². The van der Waals surface area contributed by atoms with E-state index in [9.17, 15) is 19.2 Å². The third-order valence-corrected chi connectivity index (χ3v) is 10.7. The lowest BCUT2D eigenvalue weighted by Crippen LogP contribution is -2.59. The van der Waals surface area contributed by atoms with Gasteiger partial charge in [-0.15, -0.1) is 0 Å². The van der Waals surface area contributed by atoms with Crippen LogP contribution in [0.25, 0.3) is 0 Å². The highest BCUT2D eigenvalue weighted by Gasteiger charge is 2.43. The molecule has 0 radical (unpaired) electrons. The Balaban J connectivity index is 1.30. The summed E-state index contributed by atoms with van der Waals surface area (Å²) < 4.78 is 17.5. The zero-order valence-electron chi connectivity index (χ0n) is 30.9. The Morgan fingerprint density at radius 1 is 0.962 bits per heavy atom. The molecule has 1 aromatic carbocycles. The number of carbonyl (C=O) groups is 4. The van der Waals surface area contributed by atoms with Gasteiger partial charge >= 0.3 is 0 Å². The third-order valence-electron chi connectivity index (χ3n) is 10.7. The molecular formula is C39H53FN8O4. The largest absolute Gasteiger partial charge is 0.344 e. The Bertz CT molecular complexity index is 1680. The van der Waals surface area contributed by atoms with E-state index in [4.69, 9.17) is 0 Å². The van der Waals surface area contributed by atoms with E-state index in [0.717, 1.165) is 44.2 Å². The van der Waals surface area contributed by atoms with E-state index in [0.29, 0.717) is 50.5 Å². The zero-order valence-corrected chi connectivity index (χ0v) is 30.9. The number of aryl methyl sites for hydroxylation is 1. The van der Waals surface area contributed by atoms with Gasteiger partial charge in [-0.2, -0.15) is 5.10 Å². The molecule has 2 aliphatic rings. The lowest BCUT2D eigenvalue weighted by Gasteiger charge is -2.37. The van der Waals surface area contributed by atoms with Crippen molar-refractivity contribution in [2.45, 2.75) is 103 Å². The van der Waals surface area contributed by atoms with Crippen molar-refractivity contribution in [2.75, 3.05) is 31.5 Å². The molecule has 0 spiro atoms. The fourth-order valence-corrected chi connectivity index (χ4v) is 7.36. The minimum Gasteiger partial charge on any atom is -0.344 e. The SMILES string of the molecule is CCC(=O)N[C@@H](C(=O)N1CCN(Cc2ccccn2)CC1)[C@@H](C)c1ccc(NC(=O)[C@](C)(NC(=O)c2ccnn2CC)C2CCCCCC2)c(F)c1.